The summed E-state index contributed by atoms with van der Waals surface area (Å²) in [5.74, 6) is 0.918. The average molecular weight is 353 g/mol. The Morgan fingerprint density at radius 2 is 1.96 bits per heavy atom. The smallest absolute Gasteiger partial charge is 0.338 e. The molecule has 1 aliphatic rings. The van der Waals surface area contributed by atoms with Gasteiger partial charge in [-0.1, -0.05) is 42.6 Å². The second-order valence-corrected chi connectivity index (χ2v) is 6.69. The molecule has 1 saturated carbocycles. The molecule has 1 heterocycles. The summed E-state index contributed by atoms with van der Waals surface area (Å²) in [5, 5.41) is 3.91. The maximum absolute atomic E-state index is 12.8. The van der Waals surface area contributed by atoms with Crippen LogP contribution in [0.25, 0.3) is 0 Å². The molecule has 0 bridgehead atoms. The van der Waals surface area contributed by atoms with E-state index >= 15 is 0 Å². The number of rotatable bonds is 5. The molecular weight excluding hydrogens is 331 g/mol. The Morgan fingerprint density at radius 1 is 1.20 bits per heavy atom. The van der Waals surface area contributed by atoms with Crippen LogP contribution in [0.15, 0.2) is 28.8 Å². The predicted octanol–water partition coefficient (Wildman–Crippen LogP) is 4.44. The summed E-state index contributed by atoms with van der Waals surface area (Å²) in [6.45, 7) is 0.570. The molecule has 7 heteroatoms. The number of hydrogen-bond acceptors (Lipinski definition) is 4. The first-order valence-corrected chi connectivity index (χ1v) is 8.59. The molecule has 3 rings (SSSR count). The first-order valence-electron chi connectivity index (χ1n) is 8.59. The van der Waals surface area contributed by atoms with Gasteiger partial charge in [0, 0.05) is 12.5 Å². The Kier molecular flexibility index (Phi) is 5.42. The molecular formula is C18H22F3N3O. The topological polar surface area (TPSA) is 42.2 Å². The highest BCUT2D eigenvalue weighted by Crippen LogP contribution is 2.30. The van der Waals surface area contributed by atoms with Gasteiger partial charge in [0.15, 0.2) is 5.82 Å². The van der Waals surface area contributed by atoms with Gasteiger partial charge in [-0.25, -0.2) is 0 Å². The largest absolute Gasteiger partial charge is 0.416 e. The monoisotopic (exact) mass is 353 g/mol. The van der Waals surface area contributed by atoms with Crippen LogP contribution in [-0.4, -0.2) is 28.1 Å². The average Bonchev–Trinajstić information content (AvgIpc) is 3.02. The maximum atomic E-state index is 12.8. The van der Waals surface area contributed by atoms with E-state index in [0.29, 0.717) is 29.9 Å². The van der Waals surface area contributed by atoms with Crippen LogP contribution in [0.3, 0.4) is 0 Å². The number of nitrogens with zero attached hydrogens (tertiary/aromatic N) is 3. The van der Waals surface area contributed by atoms with Crippen molar-refractivity contribution in [3.8, 4) is 0 Å². The summed E-state index contributed by atoms with van der Waals surface area (Å²) >= 11 is 0. The molecule has 1 aromatic heterocycles. The lowest BCUT2D eigenvalue weighted by atomic mass is 9.94. The number of benzene rings is 1. The molecule has 25 heavy (non-hydrogen) atoms. The Morgan fingerprint density at radius 3 is 2.68 bits per heavy atom. The van der Waals surface area contributed by atoms with Crippen molar-refractivity contribution < 1.29 is 17.7 Å². The third-order valence-electron chi connectivity index (χ3n) is 4.71. The Labute approximate surface area is 145 Å². The summed E-state index contributed by atoms with van der Waals surface area (Å²) in [6.07, 6.45) is 2.04. The van der Waals surface area contributed by atoms with E-state index in [0.717, 1.165) is 12.1 Å². The molecule has 0 radical (unpaired) electrons. The van der Waals surface area contributed by atoms with Crippen LogP contribution in [0.4, 0.5) is 13.2 Å². The fourth-order valence-electron chi connectivity index (χ4n) is 3.33. The Balaban J connectivity index is 1.62. The van der Waals surface area contributed by atoms with Gasteiger partial charge < -0.3 is 4.52 Å². The predicted molar refractivity (Wildman–Crippen MR) is 86.9 cm³/mol. The van der Waals surface area contributed by atoms with Crippen LogP contribution in [-0.2, 0) is 19.1 Å². The zero-order valence-electron chi connectivity index (χ0n) is 14.2. The van der Waals surface area contributed by atoms with Crippen LogP contribution >= 0.6 is 0 Å². The minimum absolute atomic E-state index is 0.223. The first kappa shape index (κ1) is 17.9. The van der Waals surface area contributed by atoms with E-state index in [9.17, 15) is 13.2 Å². The lowest BCUT2D eigenvalue weighted by Crippen LogP contribution is -2.32. The SMILES string of the molecule is CN(Cc1nc(Cc2cccc(C(F)(F)F)c2)no1)C1CCCCC1. The van der Waals surface area contributed by atoms with Gasteiger partial charge in [0.05, 0.1) is 12.1 Å². The van der Waals surface area contributed by atoms with Crippen molar-refractivity contribution in [1.29, 1.82) is 0 Å². The van der Waals surface area contributed by atoms with Crippen LogP contribution in [0.5, 0.6) is 0 Å². The summed E-state index contributed by atoms with van der Waals surface area (Å²) in [6, 6.07) is 5.76. The lowest BCUT2D eigenvalue weighted by Gasteiger charge is -2.29. The molecule has 4 nitrogen and oxygen atoms in total. The van der Waals surface area contributed by atoms with Crippen molar-refractivity contribution in [2.45, 2.75) is 57.3 Å². The van der Waals surface area contributed by atoms with Crippen molar-refractivity contribution in [3.63, 3.8) is 0 Å². The molecule has 2 aromatic rings. The normalized spacial score (nSPS) is 16.5. The van der Waals surface area contributed by atoms with Crippen molar-refractivity contribution in [2.75, 3.05) is 7.05 Å². The van der Waals surface area contributed by atoms with E-state index in [-0.39, 0.29) is 6.42 Å². The molecule has 1 aliphatic carbocycles. The zero-order valence-corrected chi connectivity index (χ0v) is 14.2. The highest BCUT2D eigenvalue weighted by molar-refractivity contribution is 5.27. The van der Waals surface area contributed by atoms with E-state index < -0.39 is 11.7 Å². The standard InChI is InChI=1S/C18H22F3N3O/c1-24(15-8-3-2-4-9-15)12-17-22-16(23-25-17)11-13-6-5-7-14(10-13)18(19,20)21/h5-7,10,15H,2-4,8-9,11-12H2,1H3. The van der Waals surface area contributed by atoms with Crippen molar-refractivity contribution in [3.05, 3.63) is 47.1 Å². The number of hydrogen-bond donors (Lipinski definition) is 0. The van der Waals surface area contributed by atoms with E-state index in [4.69, 9.17) is 4.52 Å². The van der Waals surface area contributed by atoms with Gasteiger partial charge in [0.1, 0.15) is 0 Å². The second kappa shape index (κ2) is 7.56. The van der Waals surface area contributed by atoms with Crippen LogP contribution in [0.1, 0.15) is 54.9 Å². The van der Waals surface area contributed by atoms with Crippen LogP contribution in [0.2, 0.25) is 0 Å². The van der Waals surface area contributed by atoms with Crippen LogP contribution < -0.4 is 0 Å². The summed E-state index contributed by atoms with van der Waals surface area (Å²) in [5.41, 5.74) is -0.145. The molecule has 0 atom stereocenters. The maximum Gasteiger partial charge on any atom is 0.416 e. The van der Waals surface area contributed by atoms with Gasteiger partial charge in [0.25, 0.3) is 0 Å². The molecule has 1 fully saturated rings. The number of alkyl halides is 3. The van der Waals surface area contributed by atoms with Gasteiger partial charge in [-0.15, -0.1) is 0 Å². The third kappa shape index (κ3) is 4.81. The molecule has 136 valence electrons. The second-order valence-electron chi connectivity index (χ2n) is 6.69. The van der Waals surface area contributed by atoms with Crippen molar-refractivity contribution >= 4 is 0 Å². The van der Waals surface area contributed by atoms with E-state index in [1.165, 1.54) is 38.2 Å². The summed E-state index contributed by atoms with van der Waals surface area (Å²) in [7, 11) is 2.05. The quantitative estimate of drug-likeness (QED) is 0.797. The van der Waals surface area contributed by atoms with Gasteiger partial charge in [-0.2, -0.15) is 18.2 Å². The minimum atomic E-state index is -4.35. The fraction of sp³-hybridized carbons (Fsp3) is 0.556. The van der Waals surface area contributed by atoms with Gasteiger partial charge >= 0.3 is 6.18 Å². The molecule has 0 spiro atoms. The van der Waals surface area contributed by atoms with Gasteiger partial charge in [-0.05, 0) is 31.5 Å². The Bertz CT molecular complexity index is 693. The van der Waals surface area contributed by atoms with E-state index in [1.807, 2.05) is 7.05 Å². The molecule has 0 N–H and O–H groups in total. The van der Waals surface area contributed by atoms with E-state index in [2.05, 4.69) is 15.0 Å². The minimum Gasteiger partial charge on any atom is -0.338 e. The highest BCUT2D eigenvalue weighted by Gasteiger charge is 2.30. The molecule has 0 saturated heterocycles. The highest BCUT2D eigenvalue weighted by atomic mass is 19.4. The number of halogens is 3. The van der Waals surface area contributed by atoms with Gasteiger partial charge in [0.2, 0.25) is 5.89 Å². The molecule has 0 aliphatic heterocycles. The fourth-order valence-corrected chi connectivity index (χ4v) is 3.33. The summed E-state index contributed by atoms with van der Waals surface area (Å²) in [4.78, 5) is 6.55. The van der Waals surface area contributed by atoms with Crippen molar-refractivity contribution in [1.82, 2.24) is 15.0 Å². The van der Waals surface area contributed by atoms with Gasteiger partial charge in [-0.3, -0.25) is 4.90 Å². The lowest BCUT2D eigenvalue weighted by molar-refractivity contribution is -0.137. The first-order chi connectivity index (χ1) is 11.9. The molecule has 1 aromatic carbocycles. The molecule has 0 unspecified atom stereocenters. The van der Waals surface area contributed by atoms with Crippen LogP contribution in [0, 0.1) is 0 Å². The van der Waals surface area contributed by atoms with E-state index in [1.54, 1.807) is 6.07 Å². The number of aromatic nitrogens is 2. The molecule has 0 amide bonds. The Hall–Kier alpha value is -1.89. The third-order valence-corrected chi connectivity index (χ3v) is 4.71. The van der Waals surface area contributed by atoms with Crippen molar-refractivity contribution in [2.24, 2.45) is 0 Å². The zero-order chi connectivity index (χ0) is 17.9. The summed E-state index contributed by atoms with van der Waals surface area (Å²) < 4.78 is 43.6.